The Morgan fingerprint density at radius 3 is 2.47 bits per heavy atom. The molecule has 0 radical (unpaired) electrons. The Bertz CT molecular complexity index is 1780. The van der Waals surface area contributed by atoms with Crippen LogP contribution in [0.1, 0.15) is 95.5 Å². The van der Waals surface area contributed by atoms with Crippen molar-refractivity contribution < 1.29 is 28.3 Å². The van der Waals surface area contributed by atoms with Gasteiger partial charge < -0.3 is 25.3 Å². The lowest BCUT2D eigenvalue weighted by molar-refractivity contribution is -0.142. The fourth-order valence-electron chi connectivity index (χ4n) is 9.13. The Morgan fingerprint density at radius 1 is 0.981 bits per heavy atom. The number of fused-ring (bicyclic) bond motifs is 2. The summed E-state index contributed by atoms with van der Waals surface area (Å²) in [5, 5.41) is 16.3. The Kier molecular flexibility index (Phi) is 10.7. The van der Waals surface area contributed by atoms with Crippen molar-refractivity contribution in [1.82, 2.24) is 20.2 Å². The zero-order chi connectivity index (χ0) is 37.3. The Labute approximate surface area is 310 Å². The average Bonchev–Trinajstić information content (AvgIpc) is 3.90. The van der Waals surface area contributed by atoms with Gasteiger partial charge in [0.2, 0.25) is 11.8 Å². The van der Waals surface area contributed by atoms with Crippen LogP contribution in [0, 0.1) is 23.7 Å². The Morgan fingerprint density at radius 2 is 1.74 bits per heavy atom. The number of rotatable bonds is 8. The number of hydrogen-bond donors (Lipinski definition) is 3. The molecule has 4 amide bonds. The van der Waals surface area contributed by atoms with Crippen molar-refractivity contribution in [2.45, 2.75) is 115 Å². The highest BCUT2D eigenvalue weighted by molar-refractivity contribution is 6.02. The van der Waals surface area contributed by atoms with Crippen LogP contribution in [0.25, 0.3) is 10.9 Å². The third-order valence-corrected chi connectivity index (χ3v) is 11.8. The van der Waals surface area contributed by atoms with Crippen molar-refractivity contribution in [2.75, 3.05) is 18.5 Å². The second-order valence-corrected chi connectivity index (χ2v) is 16.4. The van der Waals surface area contributed by atoms with Gasteiger partial charge >= 0.3 is 6.09 Å². The van der Waals surface area contributed by atoms with Gasteiger partial charge in [-0.3, -0.25) is 14.4 Å². The summed E-state index contributed by atoms with van der Waals surface area (Å²) in [5.74, 6) is -0.375. The molecule has 12 nitrogen and oxygen atoms in total. The number of benzene rings is 1. The molecule has 284 valence electrons. The van der Waals surface area contributed by atoms with Crippen LogP contribution in [0.15, 0.2) is 58.9 Å². The number of halogens is 1. The third kappa shape index (κ3) is 8.03. The molecule has 1 saturated heterocycles. The van der Waals surface area contributed by atoms with E-state index in [1.54, 1.807) is 26.8 Å². The SMILES string of the molecule is CC(C)(C)OC(=O)N[C@H](CF)[C@H]1CC[C@H](C(=O)N2CC[C@@H](C3CCCCC3)[C@H]2C(=O)Nc2ccc3[nH]c(C(=O)N4N=NC5C=CC=CC54)cc3c2)CC1. The number of allylic oxidation sites excluding steroid dienone is 2. The molecule has 2 unspecified atom stereocenters. The lowest BCUT2D eigenvalue weighted by Gasteiger charge is -2.37. The maximum Gasteiger partial charge on any atom is 0.407 e. The van der Waals surface area contributed by atoms with Crippen molar-refractivity contribution in [3.63, 3.8) is 0 Å². The minimum Gasteiger partial charge on any atom is -0.444 e. The second-order valence-electron chi connectivity index (χ2n) is 16.4. The number of carbonyl (C=O) groups excluding carboxylic acids is 4. The number of amides is 4. The minimum absolute atomic E-state index is 0.00680. The zero-order valence-corrected chi connectivity index (χ0v) is 30.9. The molecule has 3 fully saturated rings. The molecule has 13 heteroatoms. The molecule has 5 atom stereocenters. The van der Waals surface area contributed by atoms with E-state index in [1.165, 1.54) is 11.4 Å². The monoisotopic (exact) mass is 729 g/mol. The highest BCUT2D eigenvalue weighted by atomic mass is 19.1. The number of anilines is 1. The molecule has 53 heavy (non-hydrogen) atoms. The lowest BCUT2D eigenvalue weighted by Crippen LogP contribution is -2.50. The fourth-order valence-corrected chi connectivity index (χ4v) is 9.13. The van der Waals surface area contributed by atoms with Crippen LogP contribution in [0.5, 0.6) is 0 Å². The summed E-state index contributed by atoms with van der Waals surface area (Å²) < 4.78 is 19.4. The number of likely N-dealkylation sites (tertiary alicyclic amines) is 1. The van der Waals surface area contributed by atoms with Gasteiger partial charge in [-0.2, -0.15) is 5.11 Å². The van der Waals surface area contributed by atoms with Gasteiger partial charge in [-0.15, -0.1) is 0 Å². The lowest BCUT2D eigenvalue weighted by atomic mass is 9.76. The molecule has 3 aliphatic carbocycles. The number of carbonyl (C=O) groups is 4. The maximum absolute atomic E-state index is 14.3. The van der Waals surface area contributed by atoms with Gasteiger partial charge in [-0.05, 0) is 94.9 Å². The van der Waals surface area contributed by atoms with E-state index in [2.05, 4.69) is 26.0 Å². The van der Waals surface area contributed by atoms with Gasteiger partial charge in [0.25, 0.3) is 5.91 Å². The number of hydrogen-bond acceptors (Lipinski definition) is 7. The molecule has 0 bridgehead atoms. The molecule has 0 spiro atoms. The summed E-state index contributed by atoms with van der Waals surface area (Å²) in [7, 11) is 0. The van der Waals surface area contributed by atoms with E-state index < -0.39 is 30.5 Å². The summed E-state index contributed by atoms with van der Waals surface area (Å²) in [5.41, 5.74) is 1.05. The largest absolute Gasteiger partial charge is 0.444 e. The number of ether oxygens (including phenoxy) is 1. The number of nitrogens with one attached hydrogen (secondary N) is 3. The minimum atomic E-state index is -0.701. The van der Waals surface area contributed by atoms with E-state index in [-0.39, 0.29) is 47.6 Å². The van der Waals surface area contributed by atoms with Crippen molar-refractivity contribution in [1.29, 1.82) is 0 Å². The standard InChI is InChI=1S/C40H52FN7O5/c1-40(2,3)53-39(52)44-33(23-41)25-13-15-26(16-14-25)37(50)47-20-19-29(24-9-5-4-6-10-24)35(47)36(49)42-28-17-18-30-27(21-28)22-32(43-30)38(51)48-34-12-8-7-11-31(34)45-46-48/h7-8,11-12,17-18,21-22,24-26,29,31,33-35,43H,4-6,9-10,13-16,19-20,23H2,1-3H3,(H,42,49)(H,44,52)/t25-,26-,29-,31?,33+,34?,35-/m0/s1. The van der Waals surface area contributed by atoms with E-state index in [4.69, 9.17) is 4.74 Å². The molecule has 5 aliphatic rings. The molecule has 2 saturated carbocycles. The highest BCUT2D eigenvalue weighted by Gasteiger charge is 2.47. The molecule has 2 aromatic rings. The van der Waals surface area contributed by atoms with E-state index in [0.717, 1.165) is 43.0 Å². The Hall–Kier alpha value is -4.55. The second kappa shape index (κ2) is 15.4. The topological polar surface area (TPSA) is 149 Å². The normalized spacial score (nSPS) is 27.8. The average molecular weight is 730 g/mol. The van der Waals surface area contributed by atoms with Gasteiger partial charge in [-0.25, -0.2) is 14.2 Å². The molecule has 3 N–H and O–H groups in total. The van der Waals surface area contributed by atoms with Gasteiger partial charge in [0.15, 0.2) is 0 Å². The highest BCUT2D eigenvalue weighted by Crippen LogP contribution is 2.41. The molecule has 2 aliphatic heterocycles. The summed E-state index contributed by atoms with van der Waals surface area (Å²) in [4.78, 5) is 59.3. The third-order valence-electron chi connectivity index (χ3n) is 11.8. The van der Waals surface area contributed by atoms with E-state index in [9.17, 15) is 23.6 Å². The van der Waals surface area contributed by atoms with Crippen LogP contribution >= 0.6 is 0 Å². The van der Waals surface area contributed by atoms with Crippen LogP contribution in [0.2, 0.25) is 0 Å². The molecular formula is C40H52FN7O5. The first-order valence-electron chi connectivity index (χ1n) is 19.4. The van der Waals surface area contributed by atoms with Crippen molar-refractivity contribution in [3.8, 4) is 0 Å². The number of nitrogens with zero attached hydrogens (tertiary/aromatic N) is 4. The summed E-state index contributed by atoms with van der Waals surface area (Å²) in [6.07, 6.45) is 15.7. The molecule has 7 rings (SSSR count). The summed E-state index contributed by atoms with van der Waals surface area (Å²) in [6, 6.07) is 5.58. The number of aromatic nitrogens is 1. The fraction of sp³-hybridized carbons (Fsp3) is 0.600. The number of alkyl carbamates (subject to hydrolysis) is 1. The first kappa shape index (κ1) is 36.8. The van der Waals surface area contributed by atoms with Crippen LogP contribution in [-0.2, 0) is 14.3 Å². The summed E-state index contributed by atoms with van der Waals surface area (Å²) >= 11 is 0. The predicted molar refractivity (Wildman–Crippen MR) is 199 cm³/mol. The first-order valence-corrected chi connectivity index (χ1v) is 19.4. The van der Waals surface area contributed by atoms with E-state index >= 15 is 0 Å². The van der Waals surface area contributed by atoms with E-state index in [1.807, 2.05) is 47.4 Å². The Balaban J connectivity index is 1.03. The van der Waals surface area contributed by atoms with Crippen LogP contribution in [0.4, 0.5) is 14.9 Å². The quantitative estimate of drug-likeness (QED) is 0.262. The molecule has 3 heterocycles. The van der Waals surface area contributed by atoms with Crippen LogP contribution in [-0.4, -0.2) is 81.7 Å². The van der Waals surface area contributed by atoms with E-state index in [0.29, 0.717) is 49.5 Å². The molecular weight excluding hydrogens is 677 g/mol. The number of H-pyrrole nitrogens is 1. The van der Waals surface area contributed by atoms with Crippen molar-refractivity contribution in [3.05, 3.63) is 54.3 Å². The van der Waals surface area contributed by atoms with Gasteiger partial charge in [-0.1, -0.05) is 61.6 Å². The summed E-state index contributed by atoms with van der Waals surface area (Å²) in [6.45, 7) is 5.14. The zero-order valence-electron chi connectivity index (χ0n) is 30.9. The molecule has 1 aromatic heterocycles. The number of aromatic amines is 1. The molecule has 1 aromatic carbocycles. The van der Waals surface area contributed by atoms with Gasteiger partial charge in [0.05, 0.1) is 6.04 Å². The van der Waals surface area contributed by atoms with Gasteiger partial charge in [0.1, 0.15) is 36.1 Å². The van der Waals surface area contributed by atoms with Crippen molar-refractivity contribution >= 4 is 40.4 Å². The smallest absolute Gasteiger partial charge is 0.407 e. The maximum atomic E-state index is 14.3. The number of alkyl halides is 1. The predicted octanol–water partition coefficient (Wildman–Crippen LogP) is 7.26. The van der Waals surface area contributed by atoms with Gasteiger partial charge in [0, 0.05) is 29.1 Å². The van der Waals surface area contributed by atoms with Crippen LogP contribution < -0.4 is 10.6 Å². The van der Waals surface area contributed by atoms with Crippen LogP contribution in [0.3, 0.4) is 0 Å². The first-order chi connectivity index (χ1) is 25.5. The van der Waals surface area contributed by atoms with Crippen molar-refractivity contribution in [2.24, 2.45) is 34.0 Å².